The number of carbonyl (C=O) groups excluding carboxylic acids is 1. The lowest BCUT2D eigenvalue weighted by Gasteiger charge is -2.23. The number of carbonyl (C=O) groups is 2. The molecule has 1 aliphatic rings. The zero-order chi connectivity index (χ0) is 19.1. The van der Waals surface area contributed by atoms with Crippen LogP contribution >= 0.6 is 0 Å². The Balaban J connectivity index is 1.77. The summed E-state index contributed by atoms with van der Waals surface area (Å²) in [5, 5.41) is 13.3. The normalized spacial score (nSPS) is 16.9. The van der Waals surface area contributed by atoms with Crippen molar-refractivity contribution in [3.63, 3.8) is 0 Å². The summed E-state index contributed by atoms with van der Waals surface area (Å²) in [7, 11) is 0. The summed E-state index contributed by atoms with van der Waals surface area (Å²) in [5.74, 6) is -0.246. The Labute approximate surface area is 155 Å². The molecule has 0 bridgehead atoms. The van der Waals surface area contributed by atoms with Crippen molar-refractivity contribution < 1.29 is 19.4 Å². The Morgan fingerprint density at radius 2 is 2.00 bits per heavy atom. The fraction of sp³-hybridized carbons (Fsp3) is 0.263. The van der Waals surface area contributed by atoms with Gasteiger partial charge in [0.1, 0.15) is 12.4 Å². The second-order valence-corrected chi connectivity index (χ2v) is 6.75. The summed E-state index contributed by atoms with van der Waals surface area (Å²) >= 11 is 0. The Kier molecular flexibility index (Phi) is 4.02. The van der Waals surface area contributed by atoms with Gasteiger partial charge in [-0.2, -0.15) is 5.10 Å². The molecule has 1 fully saturated rings. The van der Waals surface area contributed by atoms with E-state index in [0.29, 0.717) is 18.1 Å². The van der Waals surface area contributed by atoms with Crippen LogP contribution in [0.1, 0.15) is 24.2 Å². The standard InChI is InChI=1S/C19H18N4O4/c1-11(2)15-10-27-19(26)23(15)16-7-8-22-17(21-16)14(9-20-22)12-3-5-13(6-4-12)18(24)25/h3-9,11,15H,10H2,1-2H3,(H,24,25). The number of benzene rings is 1. The van der Waals surface area contributed by atoms with Crippen molar-refractivity contribution in [1.82, 2.24) is 14.6 Å². The number of fused-ring (bicyclic) bond motifs is 1. The van der Waals surface area contributed by atoms with Gasteiger partial charge in [-0.25, -0.2) is 19.1 Å². The Morgan fingerprint density at radius 1 is 1.26 bits per heavy atom. The largest absolute Gasteiger partial charge is 0.478 e. The van der Waals surface area contributed by atoms with Gasteiger partial charge in [-0.05, 0) is 29.7 Å². The maximum absolute atomic E-state index is 12.2. The Bertz CT molecular complexity index is 1030. The predicted molar refractivity (Wildman–Crippen MR) is 97.8 cm³/mol. The van der Waals surface area contributed by atoms with Gasteiger partial charge in [0.05, 0.1) is 17.8 Å². The van der Waals surface area contributed by atoms with Gasteiger partial charge in [-0.3, -0.25) is 4.90 Å². The van der Waals surface area contributed by atoms with Crippen LogP contribution in [0.5, 0.6) is 0 Å². The number of cyclic esters (lactones) is 1. The maximum Gasteiger partial charge on any atom is 0.415 e. The highest BCUT2D eigenvalue weighted by atomic mass is 16.6. The van der Waals surface area contributed by atoms with Crippen molar-refractivity contribution in [2.45, 2.75) is 19.9 Å². The van der Waals surface area contributed by atoms with Crippen LogP contribution in [0.15, 0.2) is 42.7 Å². The minimum Gasteiger partial charge on any atom is -0.478 e. The topological polar surface area (TPSA) is 97.0 Å². The van der Waals surface area contributed by atoms with Gasteiger partial charge in [0.25, 0.3) is 0 Å². The molecule has 3 aromatic rings. The van der Waals surface area contributed by atoms with Crippen LogP contribution in [0, 0.1) is 5.92 Å². The zero-order valence-corrected chi connectivity index (χ0v) is 14.9. The lowest BCUT2D eigenvalue weighted by Crippen LogP contribution is -2.37. The van der Waals surface area contributed by atoms with Crippen molar-refractivity contribution >= 4 is 23.5 Å². The number of hydrogen-bond donors (Lipinski definition) is 1. The molecule has 1 aliphatic heterocycles. The highest BCUT2D eigenvalue weighted by Gasteiger charge is 2.37. The zero-order valence-electron chi connectivity index (χ0n) is 14.9. The smallest absolute Gasteiger partial charge is 0.415 e. The number of carboxylic acid groups (broad SMARTS) is 1. The lowest BCUT2D eigenvalue weighted by atomic mass is 10.0. The third kappa shape index (κ3) is 2.88. The molecule has 1 unspecified atom stereocenters. The number of amides is 1. The first-order chi connectivity index (χ1) is 13.0. The highest BCUT2D eigenvalue weighted by Crippen LogP contribution is 2.29. The molecule has 3 heterocycles. The van der Waals surface area contributed by atoms with Crippen LogP contribution in [-0.2, 0) is 4.74 Å². The van der Waals surface area contributed by atoms with Gasteiger partial charge in [-0.15, -0.1) is 0 Å². The Morgan fingerprint density at radius 3 is 2.67 bits per heavy atom. The number of aromatic nitrogens is 3. The van der Waals surface area contributed by atoms with Crippen LogP contribution in [-0.4, -0.2) is 44.4 Å². The third-order valence-electron chi connectivity index (χ3n) is 4.72. The first-order valence-corrected chi connectivity index (χ1v) is 8.60. The molecule has 1 saturated heterocycles. The van der Waals surface area contributed by atoms with Crippen LogP contribution in [0.3, 0.4) is 0 Å². The molecule has 0 saturated carbocycles. The predicted octanol–water partition coefficient (Wildman–Crippen LogP) is 3.08. The van der Waals surface area contributed by atoms with Gasteiger partial charge >= 0.3 is 12.1 Å². The van der Waals surface area contributed by atoms with Crippen LogP contribution < -0.4 is 4.90 Å². The molecule has 138 valence electrons. The highest BCUT2D eigenvalue weighted by molar-refractivity contribution is 5.91. The van der Waals surface area contributed by atoms with E-state index in [1.807, 2.05) is 13.8 Å². The number of carboxylic acids is 1. The van der Waals surface area contributed by atoms with Crippen LogP contribution in [0.25, 0.3) is 16.8 Å². The van der Waals surface area contributed by atoms with E-state index < -0.39 is 12.1 Å². The molecule has 1 amide bonds. The van der Waals surface area contributed by atoms with Crippen molar-refractivity contribution in [1.29, 1.82) is 0 Å². The summed E-state index contributed by atoms with van der Waals surface area (Å²) in [6, 6.07) is 8.17. The molecule has 8 nitrogen and oxygen atoms in total. The molecule has 4 rings (SSSR count). The number of anilines is 1. The molecule has 2 aromatic heterocycles. The first kappa shape index (κ1) is 17.0. The molecule has 1 aromatic carbocycles. The van der Waals surface area contributed by atoms with E-state index in [-0.39, 0.29) is 17.5 Å². The molecular formula is C19H18N4O4. The van der Waals surface area contributed by atoms with Gasteiger partial charge in [-0.1, -0.05) is 26.0 Å². The summed E-state index contributed by atoms with van der Waals surface area (Å²) in [6.07, 6.45) is 3.01. The van der Waals surface area contributed by atoms with Crippen LogP contribution in [0.4, 0.5) is 10.6 Å². The molecule has 1 atom stereocenters. The number of aromatic carboxylic acids is 1. The monoisotopic (exact) mass is 366 g/mol. The molecular weight excluding hydrogens is 348 g/mol. The fourth-order valence-electron chi connectivity index (χ4n) is 3.18. The number of hydrogen-bond acceptors (Lipinski definition) is 5. The SMILES string of the molecule is CC(C)C1COC(=O)N1c1ccn2ncc(-c3ccc(C(=O)O)cc3)c2n1. The van der Waals surface area contributed by atoms with Gasteiger partial charge < -0.3 is 9.84 Å². The van der Waals surface area contributed by atoms with Crippen molar-refractivity contribution in [3.8, 4) is 11.1 Å². The van der Waals surface area contributed by atoms with E-state index in [0.717, 1.165) is 11.1 Å². The van der Waals surface area contributed by atoms with E-state index in [9.17, 15) is 9.59 Å². The number of rotatable bonds is 4. The summed E-state index contributed by atoms with van der Waals surface area (Å²) in [6.45, 7) is 4.41. The molecule has 0 spiro atoms. The van der Waals surface area contributed by atoms with E-state index >= 15 is 0 Å². The van der Waals surface area contributed by atoms with Crippen molar-refractivity contribution in [2.24, 2.45) is 5.92 Å². The minimum atomic E-state index is -0.978. The third-order valence-corrected chi connectivity index (χ3v) is 4.72. The average molecular weight is 366 g/mol. The van der Waals surface area contributed by atoms with E-state index in [1.165, 1.54) is 12.1 Å². The van der Waals surface area contributed by atoms with Gasteiger partial charge in [0, 0.05) is 11.8 Å². The lowest BCUT2D eigenvalue weighted by molar-refractivity contribution is 0.0697. The quantitative estimate of drug-likeness (QED) is 0.762. The molecule has 0 radical (unpaired) electrons. The van der Waals surface area contributed by atoms with Crippen LogP contribution in [0.2, 0.25) is 0 Å². The summed E-state index contributed by atoms with van der Waals surface area (Å²) in [5.41, 5.74) is 2.34. The van der Waals surface area contributed by atoms with Gasteiger partial charge in [0.15, 0.2) is 5.65 Å². The minimum absolute atomic E-state index is 0.0753. The van der Waals surface area contributed by atoms with E-state index in [1.54, 1.807) is 40.0 Å². The molecule has 1 N–H and O–H groups in total. The number of ether oxygens (including phenoxy) is 1. The molecule has 0 aliphatic carbocycles. The van der Waals surface area contributed by atoms with Gasteiger partial charge in [0.2, 0.25) is 0 Å². The Hall–Kier alpha value is -3.42. The number of nitrogens with zero attached hydrogens (tertiary/aromatic N) is 4. The maximum atomic E-state index is 12.2. The average Bonchev–Trinajstić information content (AvgIpc) is 3.24. The molecule has 27 heavy (non-hydrogen) atoms. The fourth-order valence-corrected chi connectivity index (χ4v) is 3.18. The molecule has 8 heteroatoms. The second kappa shape index (κ2) is 6.39. The van der Waals surface area contributed by atoms with Crippen molar-refractivity contribution in [3.05, 3.63) is 48.3 Å². The summed E-state index contributed by atoms with van der Waals surface area (Å²) < 4.78 is 6.83. The van der Waals surface area contributed by atoms with E-state index in [4.69, 9.17) is 9.84 Å². The first-order valence-electron chi connectivity index (χ1n) is 8.60. The summed E-state index contributed by atoms with van der Waals surface area (Å²) in [4.78, 5) is 29.5. The second-order valence-electron chi connectivity index (χ2n) is 6.75. The van der Waals surface area contributed by atoms with Crippen molar-refractivity contribution in [2.75, 3.05) is 11.5 Å². The van der Waals surface area contributed by atoms with E-state index in [2.05, 4.69) is 10.1 Å².